The number of unbranched alkanes of at least 4 members (excludes halogenated alkanes) is 13. The molecule has 0 aromatic carbocycles. The molecular weight excluding hydrogens is 925 g/mol. The van der Waals surface area contributed by atoms with Crippen molar-refractivity contribution in [1.82, 2.24) is 0 Å². The molecule has 0 amide bonds. The van der Waals surface area contributed by atoms with Gasteiger partial charge in [-0.25, -0.2) is 0 Å². The Bertz CT molecular complexity index is 1750. The lowest BCUT2D eigenvalue weighted by Crippen LogP contribution is -2.30. The fourth-order valence-corrected chi connectivity index (χ4v) is 7.41. The highest BCUT2D eigenvalue weighted by molar-refractivity contribution is 5.72. The standard InChI is InChI=1S/C69H106O6/c1-4-7-10-13-16-19-22-25-28-30-32-33-34-35-37-38-41-44-47-50-53-56-59-62-68(71)74-65-66(64-73-67(70)61-58-55-52-49-46-43-40-27-24-21-18-15-12-9-6-3)75-69(72)63-60-57-54-51-48-45-42-39-36-31-29-26-23-20-17-14-11-8-5-2/h7-12,16-21,25-29,32-33,35-37,39-40,46,49,55,58,66H,4-6,13-15,22-24,30-31,34,38,41-45,47-48,50-54,56-57,59-65H2,1-3H3/b10-7-,11-8-,12-9-,19-16-,20-17-,21-18-,28-25-,29-26-,33-32-,37-35-,39-36-,40-27-,49-46-,58-55-. The van der Waals surface area contributed by atoms with Crippen molar-refractivity contribution < 1.29 is 28.6 Å². The first-order valence-electron chi connectivity index (χ1n) is 29.6. The van der Waals surface area contributed by atoms with Crippen LogP contribution in [0.5, 0.6) is 0 Å². The van der Waals surface area contributed by atoms with Crippen LogP contribution in [0.1, 0.15) is 226 Å². The molecule has 0 aliphatic heterocycles. The van der Waals surface area contributed by atoms with Crippen LogP contribution in [0.2, 0.25) is 0 Å². The smallest absolute Gasteiger partial charge is 0.309 e. The third-order valence-corrected chi connectivity index (χ3v) is 11.7. The van der Waals surface area contributed by atoms with E-state index in [-0.39, 0.29) is 38.0 Å². The van der Waals surface area contributed by atoms with Gasteiger partial charge in [0.1, 0.15) is 13.2 Å². The second-order valence-electron chi connectivity index (χ2n) is 18.8. The second kappa shape index (κ2) is 61.3. The van der Waals surface area contributed by atoms with Gasteiger partial charge < -0.3 is 14.2 Å². The number of esters is 3. The topological polar surface area (TPSA) is 78.9 Å². The van der Waals surface area contributed by atoms with Gasteiger partial charge in [0.25, 0.3) is 0 Å². The predicted octanol–water partition coefficient (Wildman–Crippen LogP) is 20.3. The summed E-state index contributed by atoms with van der Waals surface area (Å²) >= 11 is 0. The largest absolute Gasteiger partial charge is 0.462 e. The third-order valence-electron chi connectivity index (χ3n) is 11.7. The van der Waals surface area contributed by atoms with E-state index in [1.54, 1.807) is 6.08 Å². The summed E-state index contributed by atoms with van der Waals surface area (Å²) in [6.45, 7) is 6.17. The van der Waals surface area contributed by atoms with E-state index in [2.05, 4.69) is 179 Å². The Morgan fingerprint density at radius 1 is 0.280 bits per heavy atom. The van der Waals surface area contributed by atoms with Crippen molar-refractivity contribution in [3.05, 3.63) is 170 Å². The van der Waals surface area contributed by atoms with Crippen molar-refractivity contribution in [3.63, 3.8) is 0 Å². The first-order chi connectivity index (χ1) is 37.0. The SMILES string of the molecule is CC/C=C\C/C=C\C/C=C\C/C=C\C/C=C\CCCCCCCCCC(=O)OCC(COC(=O)C/C=C\C/C=C\C/C=C\C/C=C\C/C=C\CC)OC(=O)CCCCCCCC/C=C\C/C=C\C/C=C\C/C=C\CC. The predicted molar refractivity (Wildman–Crippen MR) is 325 cm³/mol. The van der Waals surface area contributed by atoms with Gasteiger partial charge in [-0.05, 0) is 128 Å². The first-order valence-corrected chi connectivity index (χ1v) is 29.6. The molecule has 0 aliphatic rings. The van der Waals surface area contributed by atoms with E-state index in [1.807, 2.05) is 6.08 Å². The van der Waals surface area contributed by atoms with Crippen LogP contribution in [0, 0.1) is 0 Å². The molecule has 0 aliphatic carbocycles. The average Bonchev–Trinajstić information content (AvgIpc) is 3.41. The number of ether oxygens (including phenoxy) is 3. The number of allylic oxidation sites excluding steroid dienone is 27. The average molecular weight is 1030 g/mol. The molecule has 0 saturated heterocycles. The van der Waals surface area contributed by atoms with Crippen LogP contribution in [0.25, 0.3) is 0 Å². The van der Waals surface area contributed by atoms with Gasteiger partial charge in [0.2, 0.25) is 0 Å². The molecule has 1 atom stereocenters. The van der Waals surface area contributed by atoms with Crippen molar-refractivity contribution in [2.75, 3.05) is 13.2 Å². The van der Waals surface area contributed by atoms with Crippen LogP contribution in [-0.2, 0) is 28.6 Å². The monoisotopic (exact) mass is 1030 g/mol. The Hall–Kier alpha value is -5.23. The Labute approximate surface area is 460 Å². The number of hydrogen-bond donors (Lipinski definition) is 0. The Balaban J connectivity index is 4.54. The quantitative estimate of drug-likeness (QED) is 0.0261. The molecule has 0 rings (SSSR count). The van der Waals surface area contributed by atoms with Crippen LogP contribution in [-0.4, -0.2) is 37.2 Å². The zero-order valence-electron chi connectivity index (χ0n) is 47.7. The molecule has 0 aromatic rings. The number of carbonyl (C=O) groups is 3. The van der Waals surface area contributed by atoms with Gasteiger partial charge >= 0.3 is 17.9 Å². The first kappa shape index (κ1) is 69.8. The zero-order valence-corrected chi connectivity index (χ0v) is 47.7. The zero-order chi connectivity index (χ0) is 54.3. The summed E-state index contributed by atoms with van der Waals surface area (Å²) in [5.74, 6) is -1.10. The van der Waals surface area contributed by atoms with Gasteiger partial charge in [-0.3, -0.25) is 14.4 Å². The van der Waals surface area contributed by atoms with Crippen molar-refractivity contribution >= 4 is 17.9 Å². The Morgan fingerprint density at radius 3 is 0.867 bits per heavy atom. The van der Waals surface area contributed by atoms with Crippen LogP contribution in [0.3, 0.4) is 0 Å². The van der Waals surface area contributed by atoms with Gasteiger partial charge in [0.05, 0.1) is 6.42 Å². The van der Waals surface area contributed by atoms with Crippen molar-refractivity contribution in [2.45, 2.75) is 232 Å². The lowest BCUT2D eigenvalue weighted by atomic mass is 10.1. The summed E-state index contributed by atoms with van der Waals surface area (Å²) in [5.41, 5.74) is 0. The maximum atomic E-state index is 12.9. The summed E-state index contributed by atoms with van der Waals surface area (Å²) in [4.78, 5) is 38.2. The van der Waals surface area contributed by atoms with Crippen molar-refractivity contribution in [3.8, 4) is 0 Å². The molecule has 0 aromatic heterocycles. The minimum atomic E-state index is -0.841. The molecule has 0 bridgehead atoms. The lowest BCUT2D eigenvalue weighted by molar-refractivity contribution is -0.166. The van der Waals surface area contributed by atoms with Crippen molar-refractivity contribution in [2.24, 2.45) is 0 Å². The highest BCUT2D eigenvalue weighted by Gasteiger charge is 2.19. The van der Waals surface area contributed by atoms with E-state index < -0.39 is 12.1 Å². The van der Waals surface area contributed by atoms with E-state index in [4.69, 9.17) is 14.2 Å². The third kappa shape index (κ3) is 59.5. The molecule has 0 N–H and O–H groups in total. The second-order valence-corrected chi connectivity index (χ2v) is 18.8. The Morgan fingerprint density at radius 2 is 0.533 bits per heavy atom. The molecule has 0 radical (unpaired) electrons. The molecule has 0 heterocycles. The molecule has 0 fully saturated rings. The van der Waals surface area contributed by atoms with Gasteiger partial charge in [0.15, 0.2) is 6.10 Å². The Kier molecular flexibility index (Phi) is 57.0. The summed E-state index contributed by atoms with van der Waals surface area (Å²) in [7, 11) is 0. The number of rotatable bonds is 51. The van der Waals surface area contributed by atoms with E-state index in [0.29, 0.717) is 6.42 Å². The minimum Gasteiger partial charge on any atom is -0.462 e. The maximum absolute atomic E-state index is 12.9. The maximum Gasteiger partial charge on any atom is 0.309 e. The number of carbonyl (C=O) groups excluding carboxylic acids is 3. The summed E-state index contributed by atoms with van der Waals surface area (Å²) < 4.78 is 16.8. The molecular formula is C69H106O6. The van der Waals surface area contributed by atoms with E-state index in [0.717, 1.165) is 154 Å². The molecule has 0 spiro atoms. The summed E-state index contributed by atoms with van der Waals surface area (Å²) in [5, 5.41) is 0. The normalized spacial score (nSPS) is 13.4. The van der Waals surface area contributed by atoms with Crippen LogP contribution >= 0.6 is 0 Å². The highest BCUT2D eigenvalue weighted by atomic mass is 16.6. The van der Waals surface area contributed by atoms with Crippen LogP contribution < -0.4 is 0 Å². The van der Waals surface area contributed by atoms with Gasteiger partial charge in [0, 0.05) is 12.8 Å². The summed E-state index contributed by atoms with van der Waals surface area (Å²) in [6, 6.07) is 0. The number of hydrogen-bond acceptors (Lipinski definition) is 6. The molecule has 75 heavy (non-hydrogen) atoms. The van der Waals surface area contributed by atoms with Crippen LogP contribution in [0.4, 0.5) is 0 Å². The molecule has 0 saturated carbocycles. The van der Waals surface area contributed by atoms with Crippen LogP contribution in [0.15, 0.2) is 170 Å². The molecule has 6 heteroatoms. The fraction of sp³-hybridized carbons (Fsp3) is 0.551. The molecule has 1 unspecified atom stereocenters. The molecule has 6 nitrogen and oxygen atoms in total. The van der Waals surface area contributed by atoms with E-state index >= 15 is 0 Å². The summed E-state index contributed by atoms with van der Waals surface area (Å²) in [6.07, 6.45) is 90.8. The van der Waals surface area contributed by atoms with Gasteiger partial charge in [-0.2, -0.15) is 0 Å². The fourth-order valence-electron chi connectivity index (χ4n) is 7.41. The van der Waals surface area contributed by atoms with E-state index in [1.165, 1.54) is 32.1 Å². The highest BCUT2D eigenvalue weighted by Crippen LogP contribution is 2.13. The van der Waals surface area contributed by atoms with E-state index in [9.17, 15) is 14.4 Å². The van der Waals surface area contributed by atoms with Gasteiger partial charge in [-0.15, -0.1) is 0 Å². The van der Waals surface area contributed by atoms with Gasteiger partial charge in [-0.1, -0.05) is 249 Å². The minimum absolute atomic E-state index is 0.113. The molecule has 418 valence electrons. The lowest BCUT2D eigenvalue weighted by Gasteiger charge is -2.18. The van der Waals surface area contributed by atoms with Crippen molar-refractivity contribution in [1.29, 1.82) is 0 Å².